The smallest absolute Gasteiger partial charge is 0.279 e. The van der Waals surface area contributed by atoms with Crippen molar-refractivity contribution >= 4 is 22.6 Å². The average molecular weight is 369 g/mol. The first-order valence-corrected chi connectivity index (χ1v) is 7.62. The normalized spacial score (nSPS) is 10.0. The Morgan fingerprint density at radius 3 is 2.32 bits per heavy atom. The molecule has 0 radical (unpaired) electrons. The van der Waals surface area contributed by atoms with Crippen molar-refractivity contribution in [1.29, 1.82) is 0 Å². The number of aromatic nitrogens is 4. The van der Waals surface area contributed by atoms with E-state index in [1.165, 1.54) is 17.7 Å². The van der Waals surface area contributed by atoms with Crippen LogP contribution in [0.2, 0.25) is 5.28 Å². The van der Waals surface area contributed by atoms with E-state index >= 15 is 0 Å². The van der Waals surface area contributed by atoms with Crippen molar-refractivity contribution < 1.29 is 8.78 Å². The number of aryl methyl sites for hydroxylation is 1. The van der Waals surface area contributed by atoms with E-state index in [9.17, 15) is 13.6 Å². The third-order valence-corrected chi connectivity index (χ3v) is 3.48. The van der Waals surface area contributed by atoms with Gasteiger partial charge in [0.25, 0.3) is 5.56 Å². The number of nitrogens with zero attached hydrogens (tertiary/aromatic N) is 4. The molecular formula is C17H19ClF2N4O. The van der Waals surface area contributed by atoms with Gasteiger partial charge >= 0.3 is 0 Å². The lowest BCUT2D eigenvalue weighted by Gasteiger charge is -2.09. The number of rotatable bonds is 1. The molecule has 0 aliphatic rings. The molecule has 0 fully saturated rings. The first-order valence-electron chi connectivity index (χ1n) is 7.25. The highest BCUT2D eigenvalue weighted by atomic mass is 35.5. The zero-order chi connectivity index (χ0) is 18.0. The number of fused-ring (bicyclic) bond motifs is 1. The van der Waals surface area contributed by atoms with Gasteiger partial charge in [-0.2, -0.15) is 0 Å². The van der Waals surface area contributed by atoms with Gasteiger partial charge in [-0.15, -0.1) is 0 Å². The number of hydrogen-bond donors (Lipinski definition) is 0. The van der Waals surface area contributed by atoms with Crippen LogP contribution in [0.5, 0.6) is 0 Å². The maximum absolute atomic E-state index is 14.0. The van der Waals surface area contributed by atoms with Crippen molar-refractivity contribution in [3.8, 4) is 11.3 Å². The summed E-state index contributed by atoms with van der Waals surface area (Å²) in [4.78, 5) is 24.3. The van der Waals surface area contributed by atoms with E-state index in [-0.39, 0.29) is 35.0 Å². The van der Waals surface area contributed by atoms with Gasteiger partial charge in [-0.05, 0) is 30.7 Å². The van der Waals surface area contributed by atoms with Crippen molar-refractivity contribution in [2.24, 2.45) is 7.05 Å². The fourth-order valence-corrected chi connectivity index (χ4v) is 2.26. The van der Waals surface area contributed by atoms with Crippen LogP contribution < -0.4 is 5.56 Å². The summed E-state index contributed by atoms with van der Waals surface area (Å²) in [5.74, 6) is -1.13. The van der Waals surface area contributed by atoms with Gasteiger partial charge in [-0.3, -0.25) is 9.36 Å². The predicted octanol–water partition coefficient (Wildman–Crippen LogP) is 4.29. The molecule has 3 rings (SSSR count). The van der Waals surface area contributed by atoms with Crippen molar-refractivity contribution in [3.05, 3.63) is 51.3 Å². The predicted molar refractivity (Wildman–Crippen MR) is 95.8 cm³/mol. The zero-order valence-electron chi connectivity index (χ0n) is 13.6. The van der Waals surface area contributed by atoms with Gasteiger partial charge in [-0.25, -0.2) is 23.7 Å². The molecule has 0 N–H and O–H groups in total. The molecule has 2 aromatic heterocycles. The molecule has 0 aliphatic heterocycles. The highest BCUT2D eigenvalue weighted by Crippen LogP contribution is 2.27. The van der Waals surface area contributed by atoms with Crippen LogP contribution in [0.15, 0.2) is 23.0 Å². The van der Waals surface area contributed by atoms with E-state index < -0.39 is 17.2 Å². The van der Waals surface area contributed by atoms with Gasteiger partial charge in [0.05, 0.1) is 0 Å². The van der Waals surface area contributed by atoms with Gasteiger partial charge in [0.15, 0.2) is 5.52 Å². The van der Waals surface area contributed by atoms with Crippen LogP contribution in [0, 0.1) is 18.6 Å². The second-order valence-corrected chi connectivity index (χ2v) is 5.02. The molecule has 1 aromatic carbocycles. The molecular weight excluding hydrogens is 350 g/mol. The third kappa shape index (κ3) is 3.82. The van der Waals surface area contributed by atoms with Crippen molar-refractivity contribution in [3.63, 3.8) is 0 Å². The fourth-order valence-electron chi connectivity index (χ4n) is 2.09. The van der Waals surface area contributed by atoms with E-state index in [4.69, 9.17) is 11.6 Å². The molecule has 0 atom stereocenters. The Labute approximate surface area is 149 Å². The van der Waals surface area contributed by atoms with Crippen LogP contribution in [0.25, 0.3) is 22.3 Å². The lowest BCUT2D eigenvalue weighted by Crippen LogP contribution is -2.22. The van der Waals surface area contributed by atoms with Gasteiger partial charge in [-0.1, -0.05) is 21.3 Å². The maximum atomic E-state index is 14.0. The SMILES string of the molecule is C.CC.Cc1nc2c(-c3ccc(F)cc3F)nc(Cl)nc2c(=O)n1C. The summed E-state index contributed by atoms with van der Waals surface area (Å²) in [5.41, 5.74) is -0.276. The Balaban J connectivity index is 0.00000101. The Morgan fingerprint density at radius 2 is 1.72 bits per heavy atom. The summed E-state index contributed by atoms with van der Waals surface area (Å²) in [7, 11) is 1.54. The quantitative estimate of drug-likeness (QED) is 0.601. The molecule has 25 heavy (non-hydrogen) atoms. The minimum absolute atomic E-state index is 0. The molecule has 3 aromatic rings. The second-order valence-electron chi connectivity index (χ2n) is 4.69. The summed E-state index contributed by atoms with van der Waals surface area (Å²) in [6.45, 7) is 5.63. The van der Waals surface area contributed by atoms with Gasteiger partial charge in [0, 0.05) is 18.7 Å². The van der Waals surface area contributed by atoms with Crippen LogP contribution in [-0.2, 0) is 7.05 Å². The number of benzene rings is 1. The van der Waals surface area contributed by atoms with Crippen LogP contribution in [0.1, 0.15) is 27.1 Å². The highest BCUT2D eigenvalue weighted by molar-refractivity contribution is 6.28. The molecule has 0 bridgehead atoms. The minimum atomic E-state index is -0.823. The van der Waals surface area contributed by atoms with Crippen LogP contribution >= 0.6 is 11.6 Å². The zero-order valence-corrected chi connectivity index (χ0v) is 14.3. The van der Waals surface area contributed by atoms with E-state index in [1.54, 1.807) is 6.92 Å². The van der Waals surface area contributed by atoms with Crippen molar-refractivity contribution in [1.82, 2.24) is 19.5 Å². The van der Waals surface area contributed by atoms with E-state index in [1.807, 2.05) is 13.8 Å². The summed E-state index contributed by atoms with van der Waals surface area (Å²) in [6.07, 6.45) is 0. The molecule has 0 spiro atoms. The lowest BCUT2D eigenvalue weighted by atomic mass is 10.1. The molecule has 0 saturated heterocycles. The first-order chi connectivity index (χ1) is 11.4. The van der Waals surface area contributed by atoms with E-state index in [0.717, 1.165) is 12.1 Å². The topological polar surface area (TPSA) is 60.7 Å². The van der Waals surface area contributed by atoms with Crippen LogP contribution in [0.3, 0.4) is 0 Å². The molecule has 0 amide bonds. The Morgan fingerprint density at radius 1 is 1.08 bits per heavy atom. The molecule has 2 heterocycles. The maximum Gasteiger partial charge on any atom is 0.279 e. The molecule has 0 aliphatic carbocycles. The Bertz CT molecular complexity index is 973. The second kappa shape index (κ2) is 8.11. The summed E-state index contributed by atoms with van der Waals surface area (Å²) in [6, 6.07) is 3.04. The first kappa shape index (κ1) is 20.6. The van der Waals surface area contributed by atoms with Crippen LogP contribution in [0.4, 0.5) is 8.78 Å². The fraction of sp³-hybridized carbons (Fsp3) is 0.294. The summed E-state index contributed by atoms with van der Waals surface area (Å²) < 4.78 is 28.4. The Kier molecular flexibility index (Phi) is 6.70. The average Bonchev–Trinajstić information content (AvgIpc) is 2.55. The minimum Gasteiger partial charge on any atom is -0.298 e. The summed E-state index contributed by atoms with van der Waals surface area (Å²) in [5, 5.41) is -0.214. The Hall–Kier alpha value is -2.41. The standard InChI is InChI=1S/C14H9ClF2N4O.C2H6.CH4/c1-6-18-11-10(8-4-3-7(16)5-9(8)17)19-14(15)20-12(11)13(22)21(6)2;1-2;/h3-5H,1-2H3;1-2H3;1H4. The van der Waals surface area contributed by atoms with Crippen LogP contribution in [-0.4, -0.2) is 19.5 Å². The molecule has 134 valence electrons. The molecule has 0 saturated carbocycles. The van der Waals surface area contributed by atoms with Gasteiger partial charge < -0.3 is 0 Å². The molecule has 8 heteroatoms. The van der Waals surface area contributed by atoms with Gasteiger partial charge in [0.1, 0.15) is 28.7 Å². The van der Waals surface area contributed by atoms with E-state index in [2.05, 4.69) is 15.0 Å². The number of hydrogen-bond acceptors (Lipinski definition) is 4. The lowest BCUT2D eigenvalue weighted by molar-refractivity contribution is 0.585. The molecule has 5 nitrogen and oxygen atoms in total. The molecule has 0 unspecified atom stereocenters. The van der Waals surface area contributed by atoms with Crippen molar-refractivity contribution in [2.75, 3.05) is 0 Å². The van der Waals surface area contributed by atoms with E-state index in [0.29, 0.717) is 5.82 Å². The third-order valence-electron chi connectivity index (χ3n) is 3.31. The highest BCUT2D eigenvalue weighted by Gasteiger charge is 2.18. The van der Waals surface area contributed by atoms with Gasteiger partial charge in [0.2, 0.25) is 5.28 Å². The van der Waals surface area contributed by atoms with Crippen molar-refractivity contribution in [2.45, 2.75) is 28.2 Å². The number of halogens is 3. The largest absolute Gasteiger partial charge is 0.298 e. The summed E-state index contributed by atoms with van der Waals surface area (Å²) >= 11 is 5.83. The monoisotopic (exact) mass is 368 g/mol.